The Balaban J connectivity index is 1.55. The molecule has 9 nitrogen and oxygen atoms in total. The van der Waals surface area contributed by atoms with Crippen LogP contribution in [0.15, 0.2) is 62.6 Å². The van der Waals surface area contributed by atoms with Gasteiger partial charge in [-0.1, -0.05) is 6.07 Å². The number of benzene rings is 2. The third kappa shape index (κ3) is 4.67. The van der Waals surface area contributed by atoms with E-state index in [1.807, 2.05) is 19.9 Å². The van der Waals surface area contributed by atoms with Gasteiger partial charge in [0.25, 0.3) is 15.9 Å². The molecule has 0 saturated heterocycles. The van der Waals surface area contributed by atoms with Crippen LogP contribution < -0.4 is 15.5 Å². The molecule has 10 heteroatoms. The highest BCUT2D eigenvalue weighted by atomic mass is 32.2. The molecule has 34 heavy (non-hydrogen) atoms. The number of aryl methyl sites for hydroxylation is 4. The molecule has 1 amide bonds. The van der Waals surface area contributed by atoms with E-state index >= 15 is 0 Å². The Morgan fingerprint density at radius 1 is 0.912 bits per heavy atom. The summed E-state index contributed by atoms with van der Waals surface area (Å²) in [5, 5.41) is 3.01. The Bertz CT molecular complexity index is 1570. The zero-order chi connectivity index (χ0) is 24.6. The lowest BCUT2D eigenvalue weighted by Gasteiger charge is -2.10. The number of anilines is 2. The van der Waals surface area contributed by atoms with Crippen molar-refractivity contribution in [1.82, 2.24) is 9.97 Å². The van der Waals surface area contributed by atoms with Crippen LogP contribution in [0.4, 0.5) is 11.6 Å². The highest BCUT2D eigenvalue weighted by Crippen LogP contribution is 2.22. The van der Waals surface area contributed by atoms with Crippen molar-refractivity contribution in [3.63, 3.8) is 0 Å². The summed E-state index contributed by atoms with van der Waals surface area (Å²) < 4.78 is 33.4. The molecule has 2 N–H and O–H groups in total. The molecule has 0 spiro atoms. The SMILES string of the molecule is Cc1cc(C)nc(NS(=O)(=O)c2ccc(NC(=O)c3cc(=O)c4ccc(C)c(C)c4o3)cc2)n1. The van der Waals surface area contributed by atoms with Gasteiger partial charge in [-0.25, -0.2) is 23.1 Å². The van der Waals surface area contributed by atoms with Crippen LogP contribution in [0.25, 0.3) is 11.0 Å². The molecule has 174 valence electrons. The molecule has 2 aromatic heterocycles. The number of sulfonamides is 1. The lowest BCUT2D eigenvalue weighted by Crippen LogP contribution is -2.17. The number of fused-ring (bicyclic) bond motifs is 1. The van der Waals surface area contributed by atoms with Crippen LogP contribution in [-0.2, 0) is 10.0 Å². The smallest absolute Gasteiger partial charge is 0.291 e. The molecular formula is C24H22N4O5S. The molecule has 0 aliphatic carbocycles. The molecule has 0 fully saturated rings. The summed E-state index contributed by atoms with van der Waals surface area (Å²) in [6, 6.07) is 11.9. The minimum atomic E-state index is -3.93. The maximum atomic E-state index is 12.7. The fraction of sp³-hybridized carbons (Fsp3) is 0.167. The first-order valence-electron chi connectivity index (χ1n) is 10.3. The van der Waals surface area contributed by atoms with Gasteiger partial charge in [-0.2, -0.15) is 0 Å². The zero-order valence-corrected chi connectivity index (χ0v) is 19.8. The van der Waals surface area contributed by atoms with E-state index in [0.717, 1.165) is 17.2 Å². The third-order valence-corrected chi connectivity index (χ3v) is 6.61. The van der Waals surface area contributed by atoms with Crippen molar-refractivity contribution >= 4 is 38.5 Å². The monoisotopic (exact) mass is 478 g/mol. The summed E-state index contributed by atoms with van der Waals surface area (Å²) >= 11 is 0. The standard InChI is InChI=1S/C24H22N4O5S/c1-13-5-10-19-20(29)12-21(33-22(19)16(13)4)23(30)27-17-6-8-18(9-7-17)34(31,32)28-24-25-14(2)11-15(3)26-24/h5-12H,1-4H3,(H,27,30)(H,25,26,28). The predicted molar refractivity (Wildman–Crippen MR) is 129 cm³/mol. The van der Waals surface area contributed by atoms with Crippen LogP contribution in [0.3, 0.4) is 0 Å². The van der Waals surface area contributed by atoms with E-state index in [1.54, 1.807) is 26.0 Å². The van der Waals surface area contributed by atoms with Gasteiger partial charge in [0.2, 0.25) is 5.95 Å². The predicted octanol–water partition coefficient (Wildman–Crippen LogP) is 3.87. The molecule has 4 rings (SSSR count). The average molecular weight is 479 g/mol. The second kappa shape index (κ2) is 8.71. The number of carbonyl (C=O) groups is 1. The van der Waals surface area contributed by atoms with E-state index in [9.17, 15) is 18.0 Å². The Kier molecular flexibility index (Phi) is 5.92. The van der Waals surface area contributed by atoms with Crippen molar-refractivity contribution in [3.8, 4) is 0 Å². The molecule has 0 atom stereocenters. The van der Waals surface area contributed by atoms with E-state index in [2.05, 4.69) is 20.0 Å². The molecular weight excluding hydrogens is 456 g/mol. The topological polar surface area (TPSA) is 131 Å². The van der Waals surface area contributed by atoms with E-state index in [0.29, 0.717) is 28.0 Å². The second-order valence-electron chi connectivity index (χ2n) is 7.92. The highest BCUT2D eigenvalue weighted by molar-refractivity contribution is 7.92. The molecule has 0 bridgehead atoms. The molecule has 2 heterocycles. The molecule has 0 saturated carbocycles. The normalized spacial score (nSPS) is 11.4. The largest absolute Gasteiger partial charge is 0.450 e. The van der Waals surface area contributed by atoms with Crippen molar-refractivity contribution < 1.29 is 17.6 Å². The van der Waals surface area contributed by atoms with Gasteiger partial charge in [0.1, 0.15) is 5.58 Å². The Labute approximate surface area is 195 Å². The summed E-state index contributed by atoms with van der Waals surface area (Å²) in [4.78, 5) is 33.3. The number of nitrogens with zero attached hydrogens (tertiary/aromatic N) is 2. The fourth-order valence-electron chi connectivity index (χ4n) is 3.42. The van der Waals surface area contributed by atoms with Crippen LogP contribution >= 0.6 is 0 Å². The van der Waals surface area contributed by atoms with Crippen LogP contribution in [0, 0.1) is 27.7 Å². The molecule has 0 radical (unpaired) electrons. The number of nitrogens with one attached hydrogen (secondary N) is 2. The summed E-state index contributed by atoms with van der Waals surface area (Å²) in [5.74, 6) is -0.791. The molecule has 0 aliphatic rings. The number of rotatable bonds is 5. The number of hydrogen-bond acceptors (Lipinski definition) is 7. The van der Waals surface area contributed by atoms with E-state index in [4.69, 9.17) is 4.42 Å². The van der Waals surface area contributed by atoms with Crippen LogP contribution in [0.1, 0.15) is 33.1 Å². The molecule has 0 unspecified atom stereocenters. The van der Waals surface area contributed by atoms with E-state index < -0.39 is 15.9 Å². The van der Waals surface area contributed by atoms with Gasteiger partial charge in [0, 0.05) is 23.1 Å². The number of amides is 1. The van der Waals surface area contributed by atoms with Crippen molar-refractivity contribution in [3.05, 3.63) is 87.0 Å². The summed E-state index contributed by atoms with van der Waals surface area (Å²) in [5.41, 5.74) is 3.34. The Morgan fingerprint density at radius 3 is 2.21 bits per heavy atom. The van der Waals surface area contributed by atoms with Gasteiger partial charge in [-0.05, 0) is 75.2 Å². The lowest BCUT2D eigenvalue weighted by molar-refractivity contribution is 0.0997. The van der Waals surface area contributed by atoms with E-state index in [-0.39, 0.29) is 22.0 Å². The molecule has 4 aromatic rings. The van der Waals surface area contributed by atoms with Crippen LogP contribution in [-0.4, -0.2) is 24.3 Å². The first-order valence-corrected chi connectivity index (χ1v) is 11.8. The van der Waals surface area contributed by atoms with Gasteiger partial charge in [-0.3, -0.25) is 9.59 Å². The molecule has 0 aliphatic heterocycles. The third-order valence-electron chi connectivity index (χ3n) is 5.27. The second-order valence-corrected chi connectivity index (χ2v) is 9.60. The maximum absolute atomic E-state index is 12.7. The number of carbonyl (C=O) groups excluding carboxylic acids is 1. The highest BCUT2D eigenvalue weighted by Gasteiger charge is 2.18. The van der Waals surface area contributed by atoms with Crippen LogP contribution in [0.5, 0.6) is 0 Å². The Hall–Kier alpha value is -4.05. The summed E-state index contributed by atoms with van der Waals surface area (Å²) in [6.07, 6.45) is 0. The Morgan fingerprint density at radius 2 is 1.56 bits per heavy atom. The van der Waals surface area contributed by atoms with Gasteiger partial charge in [-0.15, -0.1) is 0 Å². The van der Waals surface area contributed by atoms with Gasteiger partial charge in [0.05, 0.1) is 10.3 Å². The van der Waals surface area contributed by atoms with Gasteiger partial charge < -0.3 is 9.73 Å². The first kappa shape index (κ1) is 23.1. The molecule has 2 aromatic carbocycles. The number of aromatic nitrogens is 2. The summed E-state index contributed by atoms with van der Waals surface area (Å²) in [7, 11) is -3.93. The minimum Gasteiger partial charge on any atom is -0.450 e. The zero-order valence-electron chi connectivity index (χ0n) is 19.0. The number of hydrogen-bond donors (Lipinski definition) is 2. The maximum Gasteiger partial charge on any atom is 0.291 e. The van der Waals surface area contributed by atoms with Crippen molar-refractivity contribution in [2.24, 2.45) is 0 Å². The van der Waals surface area contributed by atoms with Crippen molar-refractivity contribution in [1.29, 1.82) is 0 Å². The van der Waals surface area contributed by atoms with Gasteiger partial charge in [0.15, 0.2) is 11.2 Å². The first-order chi connectivity index (χ1) is 16.0. The summed E-state index contributed by atoms with van der Waals surface area (Å²) in [6.45, 7) is 7.19. The fourth-order valence-corrected chi connectivity index (χ4v) is 4.37. The lowest BCUT2D eigenvalue weighted by atomic mass is 10.1. The van der Waals surface area contributed by atoms with E-state index in [1.165, 1.54) is 24.3 Å². The van der Waals surface area contributed by atoms with Crippen molar-refractivity contribution in [2.45, 2.75) is 32.6 Å². The minimum absolute atomic E-state index is 0.0215. The quantitative estimate of drug-likeness (QED) is 0.445. The average Bonchev–Trinajstić information content (AvgIpc) is 2.75. The van der Waals surface area contributed by atoms with Crippen molar-refractivity contribution in [2.75, 3.05) is 10.0 Å². The van der Waals surface area contributed by atoms with Gasteiger partial charge >= 0.3 is 0 Å². The van der Waals surface area contributed by atoms with Crippen LogP contribution in [0.2, 0.25) is 0 Å².